The quantitative estimate of drug-likeness (QED) is 0.794. The van der Waals surface area contributed by atoms with E-state index in [0.717, 1.165) is 6.20 Å². The lowest BCUT2D eigenvalue weighted by atomic mass is 10.00. The van der Waals surface area contributed by atoms with E-state index in [2.05, 4.69) is 4.98 Å². The molecule has 2 nitrogen and oxygen atoms in total. The van der Waals surface area contributed by atoms with Crippen molar-refractivity contribution in [3.05, 3.63) is 53.9 Å². The van der Waals surface area contributed by atoms with Gasteiger partial charge in [0, 0.05) is 17.3 Å². The normalized spacial score (nSPS) is 9.94. The Morgan fingerprint density at radius 1 is 1.24 bits per heavy atom. The minimum atomic E-state index is -0.548. The zero-order valence-electron chi connectivity index (χ0n) is 8.82. The average Bonchev–Trinajstić information content (AvgIpc) is 2.32. The van der Waals surface area contributed by atoms with Crippen LogP contribution in [-0.4, -0.2) is 4.98 Å². The van der Waals surface area contributed by atoms with Crippen molar-refractivity contribution in [3.8, 4) is 17.2 Å². The van der Waals surface area contributed by atoms with Crippen LogP contribution in [0.3, 0.4) is 0 Å². The molecule has 0 bridgehead atoms. The van der Waals surface area contributed by atoms with Gasteiger partial charge in [0.1, 0.15) is 11.6 Å². The van der Waals surface area contributed by atoms with Crippen LogP contribution in [0.15, 0.2) is 36.7 Å². The van der Waals surface area contributed by atoms with E-state index in [-0.39, 0.29) is 12.0 Å². The van der Waals surface area contributed by atoms with Gasteiger partial charge in [0.25, 0.3) is 0 Å². The summed E-state index contributed by atoms with van der Waals surface area (Å²) in [6.07, 6.45) is 2.42. The number of rotatable bonds is 2. The molecule has 0 unspecified atom stereocenters. The van der Waals surface area contributed by atoms with Crippen LogP contribution in [-0.2, 0) is 6.42 Å². The van der Waals surface area contributed by atoms with E-state index in [9.17, 15) is 8.78 Å². The van der Waals surface area contributed by atoms with Crippen LogP contribution in [0.4, 0.5) is 8.78 Å². The third-order valence-corrected chi connectivity index (χ3v) is 2.40. The molecular weight excluding hydrogens is 222 g/mol. The second kappa shape index (κ2) is 4.71. The topological polar surface area (TPSA) is 36.7 Å². The lowest BCUT2D eigenvalue weighted by molar-refractivity contribution is 0.609. The van der Waals surface area contributed by atoms with Crippen LogP contribution in [0.25, 0.3) is 11.1 Å². The van der Waals surface area contributed by atoms with Gasteiger partial charge in [-0.15, -0.1) is 0 Å². The highest BCUT2D eigenvalue weighted by atomic mass is 19.1. The Morgan fingerprint density at radius 3 is 2.76 bits per heavy atom. The molecule has 0 atom stereocenters. The number of nitrogens with zero attached hydrogens (tertiary/aromatic N) is 2. The molecule has 0 radical (unpaired) electrons. The number of pyridine rings is 1. The molecule has 1 aromatic carbocycles. The van der Waals surface area contributed by atoms with Crippen LogP contribution in [0.5, 0.6) is 0 Å². The zero-order chi connectivity index (χ0) is 12.3. The van der Waals surface area contributed by atoms with Crippen molar-refractivity contribution in [1.82, 2.24) is 4.98 Å². The lowest BCUT2D eigenvalue weighted by Gasteiger charge is -2.07. The molecule has 0 amide bonds. The van der Waals surface area contributed by atoms with E-state index in [0.29, 0.717) is 11.1 Å². The summed E-state index contributed by atoms with van der Waals surface area (Å²) in [4.78, 5) is 3.73. The van der Waals surface area contributed by atoms with Gasteiger partial charge in [0.15, 0.2) is 0 Å². The first-order valence-electron chi connectivity index (χ1n) is 4.97. The SMILES string of the molecule is N#CCc1c(F)cncc1-c1cccc(F)c1. The van der Waals surface area contributed by atoms with E-state index >= 15 is 0 Å². The maximum Gasteiger partial charge on any atom is 0.146 e. The van der Waals surface area contributed by atoms with E-state index in [4.69, 9.17) is 5.26 Å². The van der Waals surface area contributed by atoms with Gasteiger partial charge in [-0.25, -0.2) is 8.78 Å². The van der Waals surface area contributed by atoms with Crippen molar-refractivity contribution >= 4 is 0 Å². The summed E-state index contributed by atoms with van der Waals surface area (Å²) in [5.41, 5.74) is 1.21. The maximum absolute atomic E-state index is 13.5. The monoisotopic (exact) mass is 230 g/mol. The molecule has 0 spiro atoms. The summed E-state index contributed by atoms with van der Waals surface area (Å²) in [5, 5.41) is 8.66. The first-order chi connectivity index (χ1) is 8.22. The molecule has 2 aromatic rings. The lowest BCUT2D eigenvalue weighted by Crippen LogP contribution is -1.95. The Labute approximate surface area is 97.2 Å². The molecule has 4 heteroatoms. The van der Waals surface area contributed by atoms with Crippen molar-refractivity contribution in [1.29, 1.82) is 5.26 Å². The highest BCUT2D eigenvalue weighted by molar-refractivity contribution is 5.66. The number of hydrogen-bond acceptors (Lipinski definition) is 2. The fourth-order valence-corrected chi connectivity index (χ4v) is 1.63. The predicted octanol–water partition coefficient (Wildman–Crippen LogP) is 3.09. The van der Waals surface area contributed by atoms with Crippen LogP contribution in [0.2, 0.25) is 0 Å². The highest BCUT2D eigenvalue weighted by Gasteiger charge is 2.11. The van der Waals surface area contributed by atoms with E-state index in [1.807, 2.05) is 6.07 Å². The number of nitriles is 1. The van der Waals surface area contributed by atoms with Crippen LogP contribution >= 0.6 is 0 Å². The number of benzene rings is 1. The summed E-state index contributed by atoms with van der Waals surface area (Å²) in [6.45, 7) is 0. The molecule has 1 aromatic heterocycles. The van der Waals surface area contributed by atoms with Crippen molar-refractivity contribution in [2.24, 2.45) is 0 Å². The first-order valence-corrected chi connectivity index (χ1v) is 4.97. The Kier molecular flexibility index (Phi) is 3.10. The van der Waals surface area contributed by atoms with Gasteiger partial charge in [-0.2, -0.15) is 5.26 Å². The Hall–Kier alpha value is -2.28. The summed E-state index contributed by atoms with van der Waals surface area (Å²) < 4.78 is 26.6. The Bertz CT molecular complexity index is 588. The van der Waals surface area contributed by atoms with Gasteiger partial charge in [-0.3, -0.25) is 4.98 Å². The fraction of sp³-hybridized carbons (Fsp3) is 0.0769. The minimum absolute atomic E-state index is 0.0692. The minimum Gasteiger partial charge on any atom is -0.261 e. The van der Waals surface area contributed by atoms with Crippen molar-refractivity contribution in [3.63, 3.8) is 0 Å². The van der Waals surface area contributed by atoms with Crippen LogP contribution in [0.1, 0.15) is 5.56 Å². The molecule has 17 heavy (non-hydrogen) atoms. The van der Waals surface area contributed by atoms with E-state index in [1.165, 1.54) is 24.4 Å². The summed E-state index contributed by atoms with van der Waals surface area (Å²) in [5.74, 6) is -0.956. The van der Waals surface area contributed by atoms with Crippen molar-refractivity contribution in [2.75, 3.05) is 0 Å². The summed E-state index contributed by atoms with van der Waals surface area (Å²) >= 11 is 0. The second-order valence-corrected chi connectivity index (χ2v) is 3.49. The third kappa shape index (κ3) is 2.28. The van der Waals surface area contributed by atoms with Crippen molar-refractivity contribution < 1.29 is 8.78 Å². The molecule has 0 aliphatic rings. The number of aromatic nitrogens is 1. The van der Waals surface area contributed by atoms with Gasteiger partial charge >= 0.3 is 0 Å². The molecule has 0 saturated heterocycles. The molecule has 84 valence electrons. The van der Waals surface area contributed by atoms with Gasteiger partial charge < -0.3 is 0 Å². The van der Waals surface area contributed by atoms with Gasteiger partial charge in [-0.1, -0.05) is 12.1 Å². The van der Waals surface area contributed by atoms with Gasteiger partial charge in [0.2, 0.25) is 0 Å². The van der Waals surface area contributed by atoms with Gasteiger partial charge in [-0.05, 0) is 17.7 Å². The zero-order valence-corrected chi connectivity index (χ0v) is 8.82. The molecule has 0 saturated carbocycles. The number of halogens is 2. The largest absolute Gasteiger partial charge is 0.261 e. The first kappa shape index (κ1) is 11.2. The highest BCUT2D eigenvalue weighted by Crippen LogP contribution is 2.25. The molecule has 0 fully saturated rings. The fourth-order valence-electron chi connectivity index (χ4n) is 1.63. The van der Waals surface area contributed by atoms with E-state index < -0.39 is 11.6 Å². The summed E-state index contributed by atoms with van der Waals surface area (Å²) in [6, 6.07) is 7.67. The molecule has 0 aliphatic carbocycles. The average molecular weight is 230 g/mol. The Morgan fingerprint density at radius 2 is 2.06 bits per heavy atom. The maximum atomic E-state index is 13.5. The molecule has 0 aliphatic heterocycles. The van der Waals surface area contributed by atoms with Gasteiger partial charge in [0.05, 0.1) is 18.7 Å². The third-order valence-electron chi connectivity index (χ3n) is 2.40. The van der Waals surface area contributed by atoms with Crippen LogP contribution in [0, 0.1) is 23.0 Å². The second-order valence-electron chi connectivity index (χ2n) is 3.49. The predicted molar refractivity (Wildman–Crippen MR) is 58.9 cm³/mol. The molecule has 2 rings (SSSR count). The number of hydrogen-bond donors (Lipinski definition) is 0. The smallest absolute Gasteiger partial charge is 0.146 e. The Balaban J connectivity index is 2.59. The molecule has 0 N–H and O–H groups in total. The molecule has 1 heterocycles. The van der Waals surface area contributed by atoms with Crippen LogP contribution < -0.4 is 0 Å². The summed E-state index contributed by atoms with van der Waals surface area (Å²) in [7, 11) is 0. The molecular formula is C13H8F2N2. The standard InChI is InChI=1S/C13H8F2N2/c14-10-3-1-2-9(6-10)12-7-17-8-13(15)11(12)4-5-16/h1-3,6-8H,4H2. The van der Waals surface area contributed by atoms with E-state index in [1.54, 1.807) is 6.07 Å². The van der Waals surface area contributed by atoms with Crippen molar-refractivity contribution in [2.45, 2.75) is 6.42 Å².